The van der Waals surface area contributed by atoms with Gasteiger partial charge in [-0.15, -0.1) is 5.10 Å². The molecular formula is C20H22N4O3. The van der Waals surface area contributed by atoms with Crippen LogP contribution in [0.4, 0.5) is 0 Å². The van der Waals surface area contributed by atoms with Gasteiger partial charge in [-0.2, -0.15) is 9.90 Å². The average Bonchev–Trinajstić information content (AvgIpc) is 3.19. The molecule has 1 heterocycles. The summed E-state index contributed by atoms with van der Waals surface area (Å²) in [5, 5.41) is 11.3. The Bertz CT molecular complexity index is 909. The van der Waals surface area contributed by atoms with E-state index >= 15 is 0 Å². The largest absolute Gasteiger partial charge is 0.493 e. The zero-order valence-corrected chi connectivity index (χ0v) is 15.5. The van der Waals surface area contributed by atoms with Gasteiger partial charge in [-0.1, -0.05) is 24.3 Å². The number of methoxy groups -OCH3 is 1. The lowest BCUT2D eigenvalue weighted by Gasteiger charge is -2.16. The predicted molar refractivity (Wildman–Crippen MR) is 101 cm³/mol. The van der Waals surface area contributed by atoms with Crippen LogP contribution in [0.15, 0.2) is 54.7 Å². The van der Waals surface area contributed by atoms with Crippen LogP contribution in [0.5, 0.6) is 11.5 Å². The fourth-order valence-corrected chi connectivity index (χ4v) is 2.64. The highest BCUT2D eigenvalue weighted by molar-refractivity contribution is 5.92. The van der Waals surface area contributed by atoms with E-state index in [1.54, 1.807) is 7.11 Å². The first-order valence-corrected chi connectivity index (χ1v) is 8.71. The Morgan fingerprint density at radius 2 is 1.96 bits per heavy atom. The maximum atomic E-state index is 12.5. The number of para-hydroxylation sites is 1. The molecule has 0 aliphatic rings. The Morgan fingerprint density at radius 3 is 2.67 bits per heavy atom. The molecule has 7 nitrogen and oxygen atoms in total. The fraction of sp³-hybridized carbons (Fsp3) is 0.250. The molecule has 0 bridgehead atoms. The minimum Gasteiger partial charge on any atom is -0.493 e. The van der Waals surface area contributed by atoms with Gasteiger partial charge in [-0.3, -0.25) is 4.79 Å². The molecule has 3 aromatic rings. The van der Waals surface area contributed by atoms with E-state index in [9.17, 15) is 4.79 Å². The van der Waals surface area contributed by atoms with Crippen molar-refractivity contribution in [2.75, 3.05) is 13.7 Å². The van der Waals surface area contributed by atoms with Crippen molar-refractivity contribution in [2.24, 2.45) is 0 Å². The van der Waals surface area contributed by atoms with Crippen LogP contribution in [-0.2, 0) is 0 Å². The van der Waals surface area contributed by atoms with Crippen LogP contribution in [0, 0.1) is 0 Å². The van der Waals surface area contributed by atoms with Crippen molar-refractivity contribution in [1.29, 1.82) is 0 Å². The third-order valence-electron chi connectivity index (χ3n) is 4.05. The van der Waals surface area contributed by atoms with Gasteiger partial charge in [-0.05, 0) is 43.7 Å². The van der Waals surface area contributed by atoms with Gasteiger partial charge in [0, 0.05) is 0 Å². The molecular weight excluding hydrogens is 344 g/mol. The van der Waals surface area contributed by atoms with Crippen molar-refractivity contribution in [2.45, 2.75) is 19.9 Å². The van der Waals surface area contributed by atoms with E-state index in [1.807, 2.05) is 62.4 Å². The van der Waals surface area contributed by atoms with E-state index < -0.39 is 0 Å². The summed E-state index contributed by atoms with van der Waals surface area (Å²) in [7, 11) is 1.59. The summed E-state index contributed by atoms with van der Waals surface area (Å²) < 4.78 is 10.9. The van der Waals surface area contributed by atoms with Gasteiger partial charge in [0.2, 0.25) is 0 Å². The molecule has 7 heteroatoms. The van der Waals surface area contributed by atoms with Gasteiger partial charge >= 0.3 is 0 Å². The summed E-state index contributed by atoms with van der Waals surface area (Å²) in [5.74, 6) is 1.01. The van der Waals surface area contributed by atoms with E-state index in [1.165, 1.54) is 11.0 Å². The van der Waals surface area contributed by atoms with E-state index in [0.717, 1.165) is 11.3 Å². The molecule has 1 atom stereocenters. The molecule has 1 aromatic heterocycles. The second-order valence-corrected chi connectivity index (χ2v) is 5.89. The van der Waals surface area contributed by atoms with Gasteiger partial charge in [-0.25, -0.2) is 0 Å². The lowest BCUT2D eigenvalue weighted by molar-refractivity contribution is 0.0934. The summed E-state index contributed by atoms with van der Waals surface area (Å²) in [6.07, 6.45) is 1.45. The van der Waals surface area contributed by atoms with E-state index in [-0.39, 0.29) is 17.6 Å². The van der Waals surface area contributed by atoms with E-state index in [2.05, 4.69) is 15.5 Å². The number of nitrogens with zero attached hydrogens (tertiary/aromatic N) is 3. The molecule has 0 spiro atoms. The molecule has 0 aliphatic carbocycles. The fourth-order valence-electron chi connectivity index (χ4n) is 2.64. The number of rotatable bonds is 7. The summed E-state index contributed by atoms with van der Waals surface area (Å²) in [6.45, 7) is 4.37. The highest BCUT2D eigenvalue weighted by Crippen LogP contribution is 2.30. The van der Waals surface area contributed by atoms with E-state index in [0.29, 0.717) is 18.1 Å². The topological polar surface area (TPSA) is 78.3 Å². The van der Waals surface area contributed by atoms with Crippen molar-refractivity contribution in [3.05, 3.63) is 66.0 Å². The highest BCUT2D eigenvalue weighted by Gasteiger charge is 2.16. The molecule has 0 radical (unpaired) electrons. The number of hydrogen-bond acceptors (Lipinski definition) is 5. The standard InChI is InChI=1S/C20H22N4O3/c1-4-27-18-11-10-15(12-19(18)26-3)14(2)22-20(25)17-13-21-24(23-17)16-8-6-5-7-9-16/h5-14H,4H2,1-3H3,(H,22,25). The molecule has 1 unspecified atom stereocenters. The molecule has 0 aliphatic heterocycles. The maximum absolute atomic E-state index is 12.5. The zero-order chi connectivity index (χ0) is 19.2. The van der Waals surface area contributed by atoms with Gasteiger partial charge < -0.3 is 14.8 Å². The molecule has 0 saturated carbocycles. The molecule has 0 fully saturated rings. The smallest absolute Gasteiger partial charge is 0.273 e. The minimum absolute atomic E-state index is 0.232. The number of ether oxygens (including phenoxy) is 2. The molecule has 1 N–H and O–H groups in total. The first-order valence-electron chi connectivity index (χ1n) is 8.71. The number of hydrogen-bond donors (Lipinski definition) is 1. The summed E-state index contributed by atoms with van der Waals surface area (Å²) in [4.78, 5) is 13.9. The quantitative estimate of drug-likeness (QED) is 0.695. The Kier molecular flexibility index (Phi) is 5.71. The molecule has 0 saturated heterocycles. The third-order valence-corrected chi connectivity index (χ3v) is 4.05. The van der Waals surface area contributed by atoms with Gasteiger partial charge in [0.15, 0.2) is 17.2 Å². The third kappa shape index (κ3) is 4.25. The Balaban J connectivity index is 1.72. The van der Waals surface area contributed by atoms with Gasteiger partial charge in [0.25, 0.3) is 5.91 Å². The predicted octanol–water partition coefficient (Wildman–Crippen LogP) is 3.17. The second kappa shape index (κ2) is 8.35. The van der Waals surface area contributed by atoms with Gasteiger partial charge in [0.05, 0.1) is 31.6 Å². The molecule has 2 aromatic carbocycles. The molecule has 27 heavy (non-hydrogen) atoms. The number of benzene rings is 2. The van der Waals surface area contributed by atoms with Crippen LogP contribution in [0.2, 0.25) is 0 Å². The molecule has 140 valence electrons. The molecule has 1 amide bonds. The number of carbonyl (C=O) groups excluding carboxylic acids is 1. The normalized spacial score (nSPS) is 11.7. The van der Waals surface area contributed by atoms with Crippen LogP contribution >= 0.6 is 0 Å². The Morgan fingerprint density at radius 1 is 1.19 bits per heavy atom. The lowest BCUT2D eigenvalue weighted by Crippen LogP contribution is -2.27. The Hall–Kier alpha value is -3.35. The van der Waals surface area contributed by atoms with Crippen molar-refractivity contribution < 1.29 is 14.3 Å². The van der Waals surface area contributed by atoms with Crippen LogP contribution in [0.1, 0.15) is 35.9 Å². The van der Waals surface area contributed by atoms with Crippen LogP contribution in [0.3, 0.4) is 0 Å². The number of nitrogens with one attached hydrogen (secondary N) is 1. The second-order valence-electron chi connectivity index (χ2n) is 5.89. The highest BCUT2D eigenvalue weighted by atomic mass is 16.5. The van der Waals surface area contributed by atoms with E-state index in [4.69, 9.17) is 9.47 Å². The maximum Gasteiger partial charge on any atom is 0.273 e. The minimum atomic E-state index is -0.294. The monoisotopic (exact) mass is 366 g/mol. The van der Waals surface area contributed by atoms with Crippen LogP contribution < -0.4 is 14.8 Å². The number of aromatic nitrogens is 3. The first kappa shape index (κ1) is 18.4. The number of amides is 1. The summed E-state index contributed by atoms with van der Waals surface area (Å²) >= 11 is 0. The van der Waals surface area contributed by atoms with Gasteiger partial charge in [0.1, 0.15) is 0 Å². The SMILES string of the molecule is CCOc1ccc(C(C)NC(=O)c2cnn(-c3ccccc3)n2)cc1OC. The average molecular weight is 366 g/mol. The molecule has 3 rings (SSSR count). The first-order chi connectivity index (χ1) is 13.1. The van der Waals surface area contributed by atoms with Crippen molar-refractivity contribution >= 4 is 5.91 Å². The van der Waals surface area contributed by atoms with Crippen molar-refractivity contribution in [3.8, 4) is 17.2 Å². The zero-order valence-electron chi connectivity index (χ0n) is 15.5. The number of carbonyl (C=O) groups is 1. The van der Waals surface area contributed by atoms with Crippen LogP contribution in [0.25, 0.3) is 5.69 Å². The van der Waals surface area contributed by atoms with Crippen LogP contribution in [-0.4, -0.2) is 34.6 Å². The lowest BCUT2D eigenvalue weighted by atomic mass is 10.1. The Labute approximate surface area is 157 Å². The summed E-state index contributed by atoms with van der Waals surface area (Å²) in [6, 6.07) is 14.8. The summed E-state index contributed by atoms with van der Waals surface area (Å²) in [5.41, 5.74) is 1.95. The van der Waals surface area contributed by atoms with Crippen molar-refractivity contribution in [1.82, 2.24) is 20.3 Å². The van der Waals surface area contributed by atoms with Crippen molar-refractivity contribution in [3.63, 3.8) is 0 Å².